The Balaban J connectivity index is 0.00000206. The molecule has 7 rings (SSSR count). The van der Waals surface area contributed by atoms with E-state index in [1.807, 2.05) is 48.5 Å². The van der Waals surface area contributed by atoms with E-state index in [1.54, 1.807) is 0 Å². The predicted octanol–water partition coefficient (Wildman–Crippen LogP) is 2.09. The fourth-order valence-corrected chi connectivity index (χ4v) is 11.9. The second-order valence-electron chi connectivity index (χ2n) is 10.5. The van der Waals surface area contributed by atoms with E-state index in [2.05, 4.69) is 46.6 Å². The third-order valence-corrected chi connectivity index (χ3v) is 12.2. The van der Waals surface area contributed by atoms with Gasteiger partial charge >= 0.3 is 10.4 Å². The zero-order chi connectivity index (χ0) is 22.1. The molecular formula is C26H25Br2NO3S. The second-order valence-corrected chi connectivity index (χ2v) is 13.2. The number of benzene rings is 2. The van der Waals surface area contributed by atoms with Gasteiger partial charge in [-0.2, -0.15) is 0 Å². The molecule has 0 radical (unpaired) electrons. The Morgan fingerprint density at radius 2 is 1.67 bits per heavy atom. The van der Waals surface area contributed by atoms with Gasteiger partial charge in [-0.05, 0) is 28.0 Å². The van der Waals surface area contributed by atoms with E-state index in [0.29, 0.717) is 11.5 Å². The van der Waals surface area contributed by atoms with Crippen LogP contribution in [-0.4, -0.2) is 22.0 Å². The summed E-state index contributed by atoms with van der Waals surface area (Å²) in [6.07, 6.45) is 1.84. The monoisotopic (exact) mass is 589 g/mol. The molecule has 2 heterocycles. The third kappa shape index (κ3) is 2.15. The molecule has 1 unspecified atom stereocenters. The quantitative estimate of drug-likeness (QED) is 0.527. The SMILES string of the molecule is CC1(C)[C@@H]2CC[C@]13C[S+]1(=O)N[C@@]34C(=C(c3ccccc3)O1)C(c1ccccc1)=C(Br)[C@@]24O.[Br-]. The number of fused-ring (bicyclic) bond motifs is 3. The molecule has 2 aromatic carbocycles. The number of aliphatic hydroxyl groups is 1. The van der Waals surface area contributed by atoms with Gasteiger partial charge in [0.2, 0.25) is 5.76 Å². The molecule has 7 heteroatoms. The highest BCUT2D eigenvalue weighted by molar-refractivity contribution is 9.12. The molecule has 4 nitrogen and oxygen atoms in total. The van der Waals surface area contributed by atoms with Gasteiger partial charge in [-0.1, -0.05) is 95.2 Å². The van der Waals surface area contributed by atoms with E-state index in [1.165, 1.54) is 0 Å². The maximum atomic E-state index is 14.2. The molecule has 1 saturated heterocycles. The first-order valence-corrected chi connectivity index (χ1v) is 13.7. The Labute approximate surface area is 214 Å². The summed E-state index contributed by atoms with van der Waals surface area (Å²) in [5.41, 5.74) is 1.25. The van der Waals surface area contributed by atoms with Crippen molar-refractivity contribution < 1.29 is 30.5 Å². The van der Waals surface area contributed by atoms with Crippen LogP contribution in [0.5, 0.6) is 0 Å². The molecule has 33 heavy (non-hydrogen) atoms. The van der Waals surface area contributed by atoms with Crippen LogP contribution in [0.1, 0.15) is 37.8 Å². The van der Waals surface area contributed by atoms with Gasteiger partial charge in [-0.15, -0.1) is 0 Å². The normalized spacial score (nSPS) is 41.2. The molecule has 2 aliphatic heterocycles. The molecule has 2 spiro atoms. The lowest BCUT2D eigenvalue weighted by Crippen LogP contribution is -3.00. The van der Waals surface area contributed by atoms with Gasteiger partial charge in [0.25, 0.3) is 0 Å². The smallest absolute Gasteiger partial charge is 0.334 e. The van der Waals surface area contributed by atoms with Crippen molar-refractivity contribution in [1.29, 1.82) is 0 Å². The van der Waals surface area contributed by atoms with Gasteiger partial charge in [-0.3, -0.25) is 4.18 Å². The summed E-state index contributed by atoms with van der Waals surface area (Å²) in [6, 6.07) is 20.1. The van der Waals surface area contributed by atoms with Crippen LogP contribution in [0.15, 0.2) is 70.7 Å². The molecule has 5 aliphatic rings. The highest BCUT2D eigenvalue weighted by Crippen LogP contribution is 2.84. The van der Waals surface area contributed by atoms with Crippen molar-refractivity contribution in [3.05, 3.63) is 81.8 Å². The number of nitrogens with one attached hydrogen (secondary N) is 1. The van der Waals surface area contributed by atoms with E-state index in [-0.39, 0.29) is 33.7 Å². The molecule has 4 bridgehead atoms. The molecular weight excluding hydrogens is 566 g/mol. The van der Waals surface area contributed by atoms with Crippen molar-refractivity contribution in [2.24, 2.45) is 16.7 Å². The van der Waals surface area contributed by atoms with Crippen molar-refractivity contribution in [2.75, 3.05) is 5.75 Å². The highest BCUT2D eigenvalue weighted by atomic mass is 79.9. The summed E-state index contributed by atoms with van der Waals surface area (Å²) >= 11 is 3.91. The van der Waals surface area contributed by atoms with Crippen LogP contribution >= 0.6 is 15.9 Å². The lowest BCUT2D eigenvalue weighted by molar-refractivity contribution is -0.0340. The fourth-order valence-electron chi connectivity index (χ4n) is 8.03. The van der Waals surface area contributed by atoms with Gasteiger partial charge in [-0.25, -0.2) is 0 Å². The molecule has 3 fully saturated rings. The number of rotatable bonds is 2. The summed E-state index contributed by atoms with van der Waals surface area (Å²) in [7, 11) is -2.84. The zero-order valence-electron chi connectivity index (χ0n) is 18.4. The maximum Gasteiger partial charge on any atom is 0.334 e. The van der Waals surface area contributed by atoms with Crippen molar-refractivity contribution in [3.63, 3.8) is 0 Å². The number of hydrogen-bond donors (Lipinski definition) is 2. The van der Waals surface area contributed by atoms with E-state index >= 15 is 0 Å². The van der Waals surface area contributed by atoms with Gasteiger partial charge < -0.3 is 22.1 Å². The fraction of sp³-hybridized carbons (Fsp3) is 0.385. The average molecular weight is 591 g/mol. The Morgan fingerprint density at radius 1 is 1.06 bits per heavy atom. The lowest BCUT2D eigenvalue weighted by atomic mass is 9.58. The van der Waals surface area contributed by atoms with Crippen LogP contribution in [0.25, 0.3) is 11.3 Å². The maximum absolute atomic E-state index is 14.2. The van der Waals surface area contributed by atoms with Crippen molar-refractivity contribution in [1.82, 2.24) is 4.72 Å². The summed E-state index contributed by atoms with van der Waals surface area (Å²) in [4.78, 5) is 0. The molecule has 2 N–H and O–H groups in total. The van der Waals surface area contributed by atoms with Crippen LogP contribution in [-0.2, 0) is 18.8 Å². The molecule has 2 saturated carbocycles. The molecule has 0 amide bonds. The van der Waals surface area contributed by atoms with Gasteiger partial charge in [0, 0.05) is 27.1 Å². The summed E-state index contributed by atoms with van der Waals surface area (Å²) in [6.45, 7) is 4.51. The zero-order valence-corrected chi connectivity index (χ0v) is 22.4. The van der Waals surface area contributed by atoms with Crippen LogP contribution < -0.4 is 21.7 Å². The minimum atomic E-state index is -2.84. The molecule has 2 aromatic rings. The van der Waals surface area contributed by atoms with Gasteiger partial charge in [0.05, 0.1) is 5.41 Å². The second kappa shape index (κ2) is 6.49. The predicted molar refractivity (Wildman–Crippen MR) is 129 cm³/mol. The standard InChI is InChI=1S/C26H25BrNO3S.BrH/c1-23(2)18-13-14-24(23)15-32(30)28-26(24)20(21(31-32)17-11-7-4-8-12-17)19(22(27)25(18,26)29)16-9-5-3-6-10-16;/h3-12,18,29H,13-15H2,1-2H3,(H,28,30);1H/q+1;/p-1/t18-,24-,25-,26-,32?;/m0./s1. The lowest BCUT2D eigenvalue weighted by Gasteiger charge is -2.46. The van der Waals surface area contributed by atoms with Crippen LogP contribution in [0.3, 0.4) is 0 Å². The molecule has 5 atom stereocenters. The van der Waals surface area contributed by atoms with Gasteiger partial charge in [0.15, 0.2) is 5.75 Å². The Bertz CT molecular complexity index is 1310. The van der Waals surface area contributed by atoms with E-state index < -0.39 is 21.5 Å². The average Bonchev–Trinajstić information content (AvgIpc) is 3.30. The van der Waals surface area contributed by atoms with Crippen LogP contribution in [0, 0.1) is 16.7 Å². The van der Waals surface area contributed by atoms with E-state index in [4.69, 9.17) is 4.18 Å². The Hall–Kier alpha value is -1.25. The third-order valence-electron chi connectivity index (χ3n) is 9.23. The summed E-state index contributed by atoms with van der Waals surface area (Å²) in [5, 5.41) is 12.7. The molecule has 172 valence electrons. The summed E-state index contributed by atoms with van der Waals surface area (Å²) < 4.78 is 24.9. The number of hydrogen-bond acceptors (Lipinski definition) is 3. The Kier molecular flexibility index (Phi) is 4.37. The van der Waals surface area contributed by atoms with Crippen molar-refractivity contribution in [2.45, 2.75) is 37.8 Å². The first-order valence-electron chi connectivity index (χ1n) is 11.2. The number of halogens is 2. The molecule has 0 aromatic heterocycles. The largest absolute Gasteiger partial charge is 1.00 e. The first kappa shape index (κ1) is 22.2. The molecule has 3 aliphatic carbocycles. The topological polar surface area (TPSA) is 58.6 Å². The Morgan fingerprint density at radius 3 is 2.30 bits per heavy atom. The van der Waals surface area contributed by atoms with Crippen LogP contribution in [0.4, 0.5) is 0 Å². The minimum Gasteiger partial charge on any atom is -1.00 e. The van der Waals surface area contributed by atoms with Gasteiger partial charge in [0.1, 0.15) is 11.1 Å². The van der Waals surface area contributed by atoms with E-state index in [9.17, 15) is 9.32 Å². The van der Waals surface area contributed by atoms with Crippen LogP contribution in [0.2, 0.25) is 0 Å². The van der Waals surface area contributed by atoms with E-state index in [0.717, 1.165) is 39.6 Å². The summed E-state index contributed by atoms with van der Waals surface area (Å²) in [5.74, 6) is 1.11. The minimum absolute atomic E-state index is 0. The van der Waals surface area contributed by atoms with Crippen molar-refractivity contribution >= 4 is 37.7 Å². The highest BCUT2D eigenvalue weighted by Gasteiger charge is 2.94. The van der Waals surface area contributed by atoms with Crippen molar-refractivity contribution in [3.8, 4) is 0 Å². The first-order chi connectivity index (χ1) is 15.2.